The molecule has 0 radical (unpaired) electrons. The van der Waals surface area contributed by atoms with Gasteiger partial charge >= 0.3 is 0 Å². The number of nitrogens with zero attached hydrogens (tertiary/aromatic N) is 1. The maximum atomic E-state index is 14.4. The maximum absolute atomic E-state index is 14.4. The third-order valence-electron chi connectivity index (χ3n) is 4.01. The molecule has 7 nitrogen and oxygen atoms in total. The number of methoxy groups -OCH3 is 1. The molecule has 0 aliphatic heterocycles. The van der Waals surface area contributed by atoms with E-state index in [0.29, 0.717) is 6.07 Å². The van der Waals surface area contributed by atoms with E-state index in [4.69, 9.17) is 16.3 Å². The number of alkyl halides is 4. The van der Waals surface area contributed by atoms with Gasteiger partial charge in [0.05, 0.1) is 23.2 Å². The summed E-state index contributed by atoms with van der Waals surface area (Å²) in [6, 6.07) is 2.94. The Morgan fingerprint density at radius 2 is 1.97 bits per heavy atom. The Kier molecular flexibility index (Phi) is 6.46. The third kappa shape index (κ3) is 4.61. The molecule has 0 bridgehead atoms. The number of fused-ring (bicyclic) bond motifs is 1. The number of aromatic amines is 1. The predicted molar refractivity (Wildman–Crippen MR) is 101 cm³/mol. The summed E-state index contributed by atoms with van der Waals surface area (Å²) in [4.78, 5) is 5.55. The molecule has 0 unspecified atom stereocenters. The summed E-state index contributed by atoms with van der Waals surface area (Å²) >= 11 is 5.77. The first-order chi connectivity index (χ1) is 14.5. The van der Waals surface area contributed by atoms with E-state index in [1.807, 2.05) is 4.72 Å². The van der Waals surface area contributed by atoms with E-state index in [0.717, 1.165) is 19.4 Å². The lowest BCUT2D eigenvalue weighted by Gasteiger charge is -2.13. The van der Waals surface area contributed by atoms with Gasteiger partial charge in [0.15, 0.2) is 17.4 Å². The van der Waals surface area contributed by atoms with Gasteiger partial charge in [0, 0.05) is 17.6 Å². The van der Waals surface area contributed by atoms with Crippen molar-refractivity contribution in [3.05, 3.63) is 40.8 Å². The van der Waals surface area contributed by atoms with Gasteiger partial charge in [-0.2, -0.15) is 4.98 Å². The van der Waals surface area contributed by atoms with Gasteiger partial charge in [-0.25, -0.2) is 30.4 Å². The number of anilines is 1. The van der Waals surface area contributed by atoms with Crippen LogP contribution in [0.2, 0.25) is 5.02 Å². The van der Waals surface area contributed by atoms with E-state index >= 15 is 0 Å². The first-order valence-electron chi connectivity index (χ1n) is 8.31. The van der Waals surface area contributed by atoms with E-state index < -0.39 is 63.2 Å². The number of benzene rings is 1. The molecule has 0 fully saturated rings. The predicted octanol–water partition coefficient (Wildman–Crippen LogP) is 4.75. The van der Waals surface area contributed by atoms with Crippen LogP contribution < -0.4 is 14.2 Å². The van der Waals surface area contributed by atoms with Gasteiger partial charge in [-0.1, -0.05) is 11.6 Å². The minimum absolute atomic E-state index is 0.114. The molecule has 1 aromatic carbocycles. The molecule has 14 heteroatoms. The zero-order valence-electron chi connectivity index (χ0n) is 15.4. The van der Waals surface area contributed by atoms with Crippen LogP contribution in [-0.4, -0.2) is 38.5 Å². The monoisotopic (exact) mass is 485 g/mol. The Morgan fingerprint density at radius 3 is 2.58 bits per heavy atom. The summed E-state index contributed by atoms with van der Waals surface area (Å²) in [6.45, 7) is -1.06. The summed E-state index contributed by atoms with van der Waals surface area (Å²) in [5.74, 6) is -2.99. The van der Waals surface area contributed by atoms with Crippen molar-refractivity contribution in [1.29, 1.82) is 0 Å². The number of H-pyrrole nitrogens is 1. The van der Waals surface area contributed by atoms with Crippen molar-refractivity contribution in [3.8, 4) is 11.6 Å². The molecule has 0 atom stereocenters. The highest BCUT2D eigenvalue weighted by Crippen LogP contribution is 2.37. The molecule has 168 valence electrons. The average molecular weight is 486 g/mol. The van der Waals surface area contributed by atoms with E-state index in [1.165, 1.54) is 6.07 Å². The van der Waals surface area contributed by atoms with Gasteiger partial charge in [0.25, 0.3) is 28.8 Å². The van der Waals surface area contributed by atoms with Crippen molar-refractivity contribution >= 4 is 38.3 Å². The number of aromatic nitrogens is 2. The number of ether oxygens (including phenoxy) is 2. The van der Waals surface area contributed by atoms with Crippen molar-refractivity contribution in [1.82, 2.24) is 9.97 Å². The number of rotatable bonds is 8. The fourth-order valence-electron chi connectivity index (χ4n) is 2.72. The van der Waals surface area contributed by atoms with Crippen LogP contribution in [0.25, 0.3) is 10.9 Å². The van der Waals surface area contributed by atoms with Crippen molar-refractivity contribution in [2.45, 2.75) is 17.7 Å². The van der Waals surface area contributed by atoms with Crippen LogP contribution in [0.4, 0.5) is 27.8 Å². The smallest absolute Gasteiger partial charge is 0.272 e. The van der Waals surface area contributed by atoms with E-state index in [-0.39, 0.29) is 15.9 Å². The molecule has 0 aliphatic carbocycles. The summed E-state index contributed by atoms with van der Waals surface area (Å²) in [7, 11) is -3.44. The van der Waals surface area contributed by atoms with Gasteiger partial charge < -0.3 is 14.5 Å². The van der Waals surface area contributed by atoms with Crippen molar-refractivity contribution in [2.75, 3.05) is 18.4 Å². The number of pyridine rings is 1. The number of nitrogens with one attached hydrogen (secondary N) is 2. The molecule has 0 saturated carbocycles. The highest BCUT2D eigenvalue weighted by Gasteiger charge is 2.26. The van der Waals surface area contributed by atoms with Crippen LogP contribution in [0, 0.1) is 5.82 Å². The standard InChI is InChI=1S/C17H13ClF5N3O4S/c1-29-17-10(30-6-12(20)21)4-9(19)16(25-17)26-31(27,28)11-5-24-14-7(11)2-3-8(18)13(14)15(22)23/h2-5,12,15,24H,6H2,1H3,(H,25,26). The summed E-state index contributed by atoms with van der Waals surface area (Å²) in [6.07, 6.45) is -4.90. The molecular weight excluding hydrogens is 473 g/mol. The Balaban J connectivity index is 2.00. The fraction of sp³-hybridized carbons (Fsp3) is 0.235. The molecule has 2 heterocycles. The van der Waals surface area contributed by atoms with Crippen LogP contribution in [0.3, 0.4) is 0 Å². The van der Waals surface area contributed by atoms with Gasteiger partial charge in [-0.3, -0.25) is 4.72 Å². The van der Waals surface area contributed by atoms with Crippen LogP contribution >= 0.6 is 11.6 Å². The molecule has 2 aromatic heterocycles. The van der Waals surface area contributed by atoms with Gasteiger partial charge in [0.1, 0.15) is 11.5 Å². The number of sulfonamides is 1. The minimum atomic E-state index is -4.53. The van der Waals surface area contributed by atoms with Crippen molar-refractivity contribution in [2.24, 2.45) is 0 Å². The quantitative estimate of drug-likeness (QED) is 0.449. The van der Waals surface area contributed by atoms with Crippen molar-refractivity contribution < 1.29 is 39.8 Å². The average Bonchev–Trinajstić information content (AvgIpc) is 3.12. The lowest BCUT2D eigenvalue weighted by atomic mass is 10.1. The van der Waals surface area contributed by atoms with Crippen LogP contribution in [0.15, 0.2) is 29.3 Å². The van der Waals surface area contributed by atoms with E-state index in [1.54, 1.807) is 0 Å². The Labute approximate surface area is 177 Å². The number of hydrogen-bond donors (Lipinski definition) is 2. The Hall–Kier alpha value is -2.80. The molecule has 0 saturated heterocycles. The van der Waals surface area contributed by atoms with Gasteiger partial charge in [-0.15, -0.1) is 0 Å². The first-order valence-corrected chi connectivity index (χ1v) is 10.2. The molecule has 3 aromatic rings. The van der Waals surface area contributed by atoms with Gasteiger partial charge in [0.2, 0.25) is 0 Å². The Bertz CT molecular complexity index is 1220. The minimum Gasteiger partial charge on any atom is -0.482 e. The van der Waals surface area contributed by atoms with Crippen LogP contribution in [0.5, 0.6) is 11.6 Å². The SMILES string of the molecule is COc1nc(NS(=O)(=O)c2c[nH]c3c(C(F)F)c(Cl)ccc23)c(F)cc1OCC(F)F. The lowest BCUT2D eigenvalue weighted by molar-refractivity contribution is 0.0799. The second-order valence-corrected chi connectivity index (χ2v) is 8.03. The molecule has 2 N–H and O–H groups in total. The maximum Gasteiger partial charge on any atom is 0.272 e. The number of halogens is 6. The topological polar surface area (TPSA) is 93.3 Å². The molecular formula is C17H13ClF5N3O4S. The second kappa shape index (κ2) is 8.75. The third-order valence-corrected chi connectivity index (χ3v) is 5.72. The highest BCUT2D eigenvalue weighted by atomic mass is 35.5. The molecule has 3 rings (SSSR count). The highest BCUT2D eigenvalue weighted by molar-refractivity contribution is 7.93. The molecule has 31 heavy (non-hydrogen) atoms. The number of hydrogen-bond acceptors (Lipinski definition) is 5. The molecule has 0 aliphatic rings. The van der Waals surface area contributed by atoms with E-state index in [2.05, 4.69) is 14.7 Å². The van der Waals surface area contributed by atoms with E-state index in [9.17, 15) is 30.4 Å². The summed E-state index contributed by atoms with van der Waals surface area (Å²) in [5.41, 5.74) is -0.795. The zero-order valence-corrected chi connectivity index (χ0v) is 17.0. The lowest BCUT2D eigenvalue weighted by Crippen LogP contribution is -2.16. The largest absolute Gasteiger partial charge is 0.482 e. The summed E-state index contributed by atoms with van der Waals surface area (Å²) in [5, 5.41) is -0.380. The van der Waals surface area contributed by atoms with Crippen LogP contribution in [0.1, 0.15) is 12.0 Å². The van der Waals surface area contributed by atoms with Gasteiger partial charge in [-0.05, 0) is 12.1 Å². The van der Waals surface area contributed by atoms with Crippen molar-refractivity contribution in [3.63, 3.8) is 0 Å². The first kappa shape index (κ1) is 22.9. The zero-order chi connectivity index (χ0) is 22.9. The fourth-order valence-corrected chi connectivity index (χ4v) is 4.14. The van der Waals surface area contributed by atoms with Crippen LogP contribution in [-0.2, 0) is 10.0 Å². The molecule has 0 amide bonds. The molecule has 0 spiro atoms. The normalized spacial score (nSPS) is 12.0. The second-order valence-electron chi connectivity index (χ2n) is 5.97. The Morgan fingerprint density at radius 1 is 1.26 bits per heavy atom. The summed E-state index contributed by atoms with van der Waals surface area (Å²) < 4.78 is 102.